The molecule has 0 bridgehead atoms. The Bertz CT molecular complexity index is 111. The van der Waals surface area contributed by atoms with Crippen molar-refractivity contribution >= 4 is 21.9 Å². The number of ether oxygens (including phenoxy) is 1. The van der Waals surface area contributed by atoms with Gasteiger partial charge in [0.05, 0.1) is 16.9 Å². The summed E-state index contributed by atoms with van der Waals surface area (Å²) in [5, 5.41) is 10.2. The molecule has 0 aromatic rings. The van der Waals surface area contributed by atoms with Crippen molar-refractivity contribution < 1.29 is 14.6 Å². The molecule has 0 aliphatic heterocycles. The summed E-state index contributed by atoms with van der Waals surface area (Å²) in [5.74, 6) is -1.16. The summed E-state index contributed by atoms with van der Waals surface area (Å²) in [4.78, 5) is 10.2. The number of carbonyl (C=O) groups is 1. The van der Waals surface area contributed by atoms with Gasteiger partial charge in [0.15, 0.2) is 0 Å². The van der Waals surface area contributed by atoms with Crippen LogP contribution in [0.1, 0.15) is 6.92 Å². The van der Waals surface area contributed by atoms with Gasteiger partial charge >= 0.3 is 0 Å². The minimum atomic E-state index is -1.16. The van der Waals surface area contributed by atoms with Crippen molar-refractivity contribution in [1.82, 2.24) is 0 Å². The molecule has 0 saturated carbocycles. The molecule has 9 heavy (non-hydrogen) atoms. The van der Waals surface area contributed by atoms with Crippen molar-refractivity contribution in [2.24, 2.45) is 0 Å². The number of carboxylic acids is 1. The molecule has 4 heteroatoms. The maximum absolute atomic E-state index is 10.2. The zero-order valence-electron chi connectivity index (χ0n) is 5.31. The maximum atomic E-state index is 10.2. The first-order valence-corrected chi connectivity index (χ1v) is 3.19. The van der Waals surface area contributed by atoms with Gasteiger partial charge < -0.3 is 14.6 Å². The molecule has 0 rings (SSSR count). The molecule has 54 valence electrons. The fourth-order valence-electron chi connectivity index (χ4n) is 0.330. The fraction of sp³-hybridized carbons (Fsp3) is 0.800. The molecule has 0 spiro atoms. The molecular weight excluding hydrogens is 188 g/mol. The zero-order valence-corrected chi connectivity index (χ0v) is 6.90. The van der Waals surface area contributed by atoms with Gasteiger partial charge in [0.25, 0.3) is 0 Å². The topological polar surface area (TPSA) is 49.4 Å². The standard InChI is InChI=1S/C5H9BrO3/c1-5(6,3-9-2)4(7)8/h3H2,1-2H3,(H,7,8)/p-1. The molecule has 0 fully saturated rings. The first-order valence-electron chi connectivity index (χ1n) is 2.40. The average Bonchev–Trinajstić information content (AvgIpc) is 1.65. The van der Waals surface area contributed by atoms with Gasteiger partial charge in [-0.05, 0) is 6.92 Å². The van der Waals surface area contributed by atoms with Crippen LogP contribution in [0.15, 0.2) is 0 Å². The van der Waals surface area contributed by atoms with Crippen LogP contribution in [-0.2, 0) is 9.53 Å². The maximum Gasteiger partial charge on any atom is 0.0855 e. The van der Waals surface area contributed by atoms with Gasteiger partial charge in [0.1, 0.15) is 0 Å². The molecule has 0 aliphatic carbocycles. The molecule has 1 atom stereocenters. The lowest BCUT2D eigenvalue weighted by molar-refractivity contribution is -0.309. The number of hydrogen-bond donors (Lipinski definition) is 0. The zero-order chi connectivity index (χ0) is 7.49. The van der Waals surface area contributed by atoms with Gasteiger partial charge in [-0.3, -0.25) is 0 Å². The Kier molecular flexibility index (Phi) is 3.14. The lowest BCUT2D eigenvalue weighted by Crippen LogP contribution is -2.44. The van der Waals surface area contributed by atoms with Crippen molar-refractivity contribution in [2.45, 2.75) is 11.2 Å². The minimum absolute atomic E-state index is 0.106. The van der Waals surface area contributed by atoms with E-state index in [1.165, 1.54) is 14.0 Å². The number of aliphatic carboxylic acids is 1. The van der Waals surface area contributed by atoms with E-state index < -0.39 is 10.3 Å². The third-order valence-electron chi connectivity index (χ3n) is 0.841. The third kappa shape index (κ3) is 2.81. The van der Waals surface area contributed by atoms with E-state index in [1.807, 2.05) is 0 Å². The highest BCUT2D eigenvalue weighted by Gasteiger charge is 2.20. The summed E-state index contributed by atoms with van der Waals surface area (Å²) >= 11 is 2.92. The lowest BCUT2D eigenvalue weighted by atomic mass is 10.2. The number of halogens is 1. The molecule has 0 radical (unpaired) electrons. The first kappa shape index (κ1) is 8.91. The van der Waals surface area contributed by atoms with Crippen LogP contribution in [0.2, 0.25) is 0 Å². The van der Waals surface area contributed by atoms with Crippen LogP contribution in [0.4, 0.5) is 0 Å². The van der Waals surface area contributed by atoms with Gasteiger partial charge in [-0.15, -0.1) is 0 Å². The summed E-state index contributed by atoms with van der Waals surface area (Å²) in [6.45, 7) is 1.58. The van der Waals surface area contributed by atoms with E-state index in [0.29, 0.717) is 0 Å². The predicted molar refractivity (Wildman–Crippen MR) is 34.2 cm³/mol. The van der Waals surface area contributed by atoms with E-state index in [-0.39, 0.29) is 6.61 Å². The van der Waals surface area contributed by atoms with E-state index in [4.69, 9.17) is 0 Å². The van der Waals surface area contributed by atoms with Crippen LogP contribution in [-0.4, -0.2) is 24.0 Å². The van der Waals surface area contributed by atoms with E-state index in [0.717, 1.165) is 0 Å². The van der Waals surface area contributed by atoms with Gasteiger partial charge in [-0.1, -0.05) is 15.9 Å². The van der Waals surface area contributed by atoms with E-state index in [1.54, 1.807) is 0 Å². The third-order valence-corrected chi connectivity index (χ3v) is 1.39. The second-order valence-electron chi connectivity index (χ2n) is 1.92. The SMILES string of the molecule is COCC(C)(Br)C(=O)[O-]. The van der Waals surface area contributed by atoms with Crippen molar-refractivity contribution in [3.63, 3.8) is 0 Å². The molecule has 0 aliphatic rings. The van der Waals surface area contributed by atoms with Crippen molar-refractivity contribution in [2.75, 3.05) is 13.7 Å². The van der Waals surface area contributed by atoms with Gasteiger partial charge in [-0.2, -0.15) is 0 Å². The van der Waals surface area contributed by atoms with E-state index in [9.17, 15) is 9.90 Å². The molecule has 0 amide bonds. The van der Waals surface area contributed by atoms with Gasteiger partial charge in [0.2, 0.25) is 0 Å². The Morgan fingerprint density at radius 3 is 2.44 bits per heavy atom. The van der Waals surface area contributed by atoms with Crippen LogP contribution in [0.25, 0.3) is 0 Å². The Balaban J connectivity index is 3.85. The Labute approximate surface area is 62.1 Å². The number of alkyl halides is 1. The largest absolute Gasteiger partial charge is 0.549 e. The summed E-state index contributed by atoms with van der Waals surface area (Å²) in [6.07, 6.45) is 0. The molecule has 0 aromatic heterocycles. The van der Waals surface area contributed by atoms with E-state index >= 15 is 0 Å². The van der Waals surface area contributed by atoms with Crippen molar-refractivity contribution in [3.05, 3.63) is 0 Å². The van der Waals surface area contributed by atoms with Crippen LogP contribution < -0.4 is 5.11 Å². The number of carbonyl (C=O) groups excluding carboxylic acids is 1. The second kappa shape index (κ2) is 3.17. The second-order valence-corrected chi connectivity index (χ2v) is 3.67. The summed E-state index contributed by atoms with van der Waals surface area (Å²) in [5.41, 5.74) is 0. The van der Waals surface area contributed by atoms with Crippen LogP contribution in [0.3, 0.4) is 0 Å². The van der Waals surface area contributed by atoms with Crippen LogP contribution in [0.5, 0.6) is 0 Å². The number of carboxylic acid groups (broad SMARTS) is 1. The lowest BCUT2D eigenvalue weighted by Gasteiger charge is -2.21. The molecule has 0 N–H and O–H groups in total. The monoisotopic (exact) mass is 195 g/mol. The highest BCUT2D eigenvalue weighted by atomic mass is 79.9. The summed E-state index contributed by atoms with van der Waals surface area (Å²) in [6, 6.07) is 0. The minimum Gasteiger partial charge on any atom is -0.549 e. The Hall–Kier alpha value is -0.0900. The number of methoxy groups -OCH3 is 1. The number of rotatable bonds is 3. The Morgan fingerprint density at radius 2 is 2.33 bits per heavy atom. The first-order chi connectivity index (χ1) is 4.00. The highest BCUT2D eigenvalue weighted by Crippen LogP contribution is 2.15. The fourth-order valence-corrected chi connectivity index (χ4v) is 0.559. The summed E-state index contributed by atoms with van der Waals surface area (Å²) in [7, 11) is 1.43. The molecule has 0 aromatic carbocycles. The Morgan fingerprint density at radius 1 is 1.89 bits per heavy atom. The van der Waals surface area contributed by atoms with Crippen molar-refractivity contribution in [3.8, 4) is 0 Å². The molecule has 0 heterocycles. The molecular formula is C5H8BrO3-. The molecule has 0 saturated heterocycles. The highest BCUT2D eigenvalue weighted by molar-refractivity contribution is 9.10. The number of hydrogen-bond acceptors (Lipinski definition) is 3. The predicted octanol–water partition coefficient (Wildman–Crippen LogP) is -0.464. The smallest absolute Gasteiger partial charge is 0.0855 e. The van der Waals surface area contributed by atoms with E-state index in [2.05, 4.69) is 20.7 Å². The van der Waals surface area contributed by atoms with Crippen molar-refractivity contribution in [1.29, 1.82) is 0 Å². The van der Waals surface area contributed by atoms with Gasteiger partial charge in [0, 0.05) is 7.11 Å². The normalized spacial score (nSPS) is 16.8. The molecule has 1 unspecified atom stereocenters. The quantitative estimate of drug-likeness (QED) is 0.573. The van der Waals surface area contributed by atoms with Crippen LogP contribution in [0, 0.1) is 0 Å². The summed E-state index contributed by atoms with van der Waals surface area (Å²) < 4.78 is 3.55. The average molecular weight is 196 g/mol. The van der Waals surface area contributed by atoms with Gasteiger partial charge in [-0.25, -0.2) is 0 Å². The van der Waals surface area contributed by atoms with Crippen LogP contribution >= 0.6 is 15.9 Å². The molecule has 3 nitrogen and oxygen atoms in total.